The molecule has 0 radical (unpaired) electrons. The number of Topliss-reactive ketones (excluding diaryl/α,β-unsaturated/α-hetero) is 1. The first-order valence-electron chi connectivity index (χ1n) is 13.3. The molecule has 0 saturated carbocycles. The molecule has 3 unspecified atom stereocenters. The molecular formula is C30H38N4O4. The topological polar surface area (TPSA) is 90.0 Å². The number of ketones is 1. The van der Waals surface area contributed by atoms with Gasteiger partial charge in [0.05, 0.1) is 12.6 Å². The zero-order valence-electron chi connectivity index (χ0n) is 23.2. The molecule has 0 bridgehead atoms. The number of benzene rings is 2. The molecule has 2 aromatic rings. The molecule has 3 amide bonds. The van der Waals surface area contributed by atoms with E-state index in [1.807, 2.05) is 77.0 Å². The van der Waals surface area contributed by atoms with Gasteiger partial charge >= 0.3 is 0 Å². The standard InChI is InChI=1S/C30H38N4O4/c1-18(2)13-24(31-28(36)21-7-9-23(10-8-21)32(5)6)30(38)33-12-11-25-27(33)26(35)17-34(25)29(37)22-15-19(3)14-20(4)16-22/h7-10,14-16,18,24-25,27H,11-13,17H2,1-6H3,(H,31,36). The maximum absolute atomic E-state index is 13.8. The zero-order valence-corrected chi connectivity index (χ0v) is 23.2. The molecule has 8 nitrogen and oxygen atoms in total. The van der Waals surface area contributed by atoms with Crippen LogP contribution in [0.2, 0.25) is 0 Å². The molecular weight excluding hydrogens is 480 g/mol. The van der Waals surface area contributed by atoms with Crippen molar-refractivity contribution in [3.05, 3.63) is 64.7 Å². The Balaban J connectivity index is 1.51. The second-order valence-corrected chi connectivity index (χ2v) is 11.2. The number of nitrogens with zero attached hydrogens (tertiary/aromatic N) is 3. The average molecular weight is 519 g/mol. The van der Waals surface area contributed by atoms with Gasteiger partial charge in [-0.05, 0) is 69.0 Å². The van der Waals surface area contributed by atoms with Gasteiger partial charge in [-0.25, -0.2) is 0 Å². The van der Waals surface area contributed by atoms with Crippen LogP contribution in [0.25, 0.3) is 0 Å². The predicted molar refractivity (Wildman–Crippen MR) is 147 cm³/mol. The molecule has 0 aliphatic carbocycles. The molecule has 4 rings (SSSR count). The molecule has 2 aliphatic rings. The summed E-state index contributed by atoms with van der Waals surface area (Å²) in [6, 6.07) is 11.1. The van der Waals surface area contributed by atoms with Crippen molar-refractivity contribution in [2.24, 2.45) is 5.92 Å². The van der Waals surface area contributed by atoms with Gasteiger partial charge in [0.15, 0.2) is 5.78 Å². The predicted octanol–water partition coefficient (Wildman–Crippen LogP) is 3.21. The summed E-state index contributed by atoms with van der Waals surface area (Å²) in [6.07, 6.45) is 0.987. The van der Waals surface area contributed by atoms with Crippen molar-refractivity contribution in [1.82, 2.24) is 15.1 Å². The van der Waals surface area contributed by atoms with Crippen molar-refractivity contribution >= 4 is 29.2 Å². The van der Waals surface area contributed by atoms with Crippen LogP contribution in [-0.4, -0.2) is 78.6 Å². The molecule has 0 aromatic heterocycles. The summed E-state index contributed by atoms with van der Waals surface area (Å²) in [7, 11) is 3.85. The number of likely N-dealkylation sites (tertiary alicyclic amines) is 2. The molecule has 0 spiro atoms. The highest BCUT2D eigenvalue weighted by atomic mass is 16.2. The Morgan fingerprint density at radius 3 is 2.18 bits per heavy atom. The maximum Gasteiger partial charge on any atom is 0.254 e. The molecule has 2 aliphatic heterocycles. The molecule has 38 heavy (non-hydrogen) atoms. The van der Waals surface area contributed by atoms with Gasteiger partial charge in [0, 0.05) is 37.5 Å². The van der Waals surface area contributed by atoms with E-state index >= 15 is 0 Å². The van der Waals surface area contributed by atoms with E-state index in [2.05, 4.69) is 5.32 Å². The van der Waals surface area contributed by atoms with E-state index in [0.29, 0.717) is 30.5 Å². The number of rotatable bonds is 7. The van der Waals surface area contributed by atoms with Gasteiger partial charge in [0.1, 0.15) is 12.1 Å². The molecule has 8 heteroatoms. The minimum absolute atomic E-state index is 0.00956. The Bertz CT molecular complexity index is 1220. The second kappa shape index (κ2) is 11.0. The van der Waals surface area contributed by atoms with Crippen LogP contribution in [0.1, 0.15) is 58.5 Å². The van der Waals surface area contributed by atoms with Crippen LogP contribution in [0.3, 0.4) is 0 Å². The van der Waals surface area contributed by atoms with E-state index < -0.39 is 12.1 Å². The van der Waals surface area contributed by atoms with Crippen molar-refractivity contribution in [1.29, 1.82) is 0 Å². The van der Waals surface area contributed by atoms with Gasteiger partial charge in [0.2, 0.25) is 5.91 Å². The van der Waals surface area contributed by atoms with Crippen LogP contribution in [0.15, 0.2) is 42.5 Å². The Labute approximate surface area is 225 Å². The minimum atomic E-state index is -0.758. The number of hydrogen-bond donors (Lipinski definition) is 1. The van der Waals surface area contributed by atoms with Gasteiger partial charge in [-0.1, -0.05) is 31.0 Å². The maximum atomic E-state index is 13.8. The number of hydrogen-bond acceptors (Lipinski definition) is 5. The Kier molecular flexibility index (Phi) is 7.90. The first-order valence-corrected chi connectivity index (χ1v) is 13.3. The third-order valence-corrected chi connectivity index (χ3v) is 7.39. The summed E-state index contributed by atoms with van der Waals surface area (Å²) in [5, 5.41) is 2.92. The van der Waals surface area contributed by atoms with E-state index in [4.69, 9.17) is 0 Å². The summed E-state index contributed by atoms with van der Waals surface area (Å²) >= 11 is 0. The molecule has 2 aromatic carbocycles. The largest absolute Gasteiger partial charge is 0.378 e. The summed E-state index contributed by atoms with van der Waals surface area (Å²) < 4.78 is 0. The van der Waals surface area contributed by atoms with Crippen molar-refractivity contribution in [3.8, 4) is 0 Å². The van der Waals surface area contributed by atoms with Crippen LogP contribution < -0.4 is 10.2 Å². The highest BCUT2D eigenvalue weighted by molar-refractivity contribution is 6.03. The Morgan fingerprint density at radius 1 is 0.974 bits per heavy atom. The van der Waals surface area contributed by atoms with E-state index in [1.165, 1.54) is 0 Å². The number of fused-ring (bicyclic) bond motifs is 1. The van der Waals surface area contributed by atoms with Crippen LogP contribution in [-0.2, 0) is 9.59 Å². The van der Waals surface area contributed by atoms with Crippen LogP contribution in [0.4, 0.5) is 5.69 Å². The number of amides is 3. The fourth-order valence-corrected chi connectivity index (χ4v) is 5.65. The number of aryl methyl sites for hydroxylation is 2. The summed E-state index contributed by atoms with van der Waals surface area (Å²) in [5.41, 5.74) is 3.98. The average Bonchev–Trinajstić information content (AvgIpc) is 3.43. The lowest BCUT2D eigenvalue weighted by Crippen LogP contribution is -2.53. The number of anilines is 1. The van der Waals surface area contributed by atoms with Crippen LogP contribution in [0, 0.1) is 19.8 Å². The number of nitrogens with one attached hydrogen (secondary N) is 1. The van der Waals surface area contributed by atoms with Gasteiger partial charge in [-0.2, -0.15) is 0 Å². The third kappa shape index (κ3) is 5.59. The third-order valence-electron chi connectivity index (χ3n) is 7.39. The van der Waals surface area contributed by atoms with E-state index in [1.54, 1.807) is 21.9 Å². The fraction of sp³-hybridized carbons (Fsp3) is 0.467. The first kappa shape index (κ1) is 27.4. The van der Waals surface area contributed by atoms with Crippen molar-refractivity contribution < 1.29 is 19.2 Å². The normalized spacial score (nSPS) is 19.5. The van der Waals surface area contributed by atoms with E-state index in [0.717, 1.165) is 16.8 Å². The molecule has 2 fully saturated rings. The number of carbonyl (C=O) groups is 4. The van der Waals surface area contributed by atoms with Gasteiger partial charge in [-0.3, -0.25) is 19.2 Å². The molecule has 2 saturated heterocycles. The van der Waals surface area contributed by atoms with Crippen LogP contribution >= 0.6 is 0 Å². The molecule has 2 heterocycles. The zero-order chi connectivity index (χ0) is 27.7. The second-order valence-electron chi connectivity index (χ2n) is 11.2. The van der Waals surface area contributed by atoms with Gasteiger partial charge in [0.25, 0.3) is 11.8 Å². The smallest absolute Gasteiger partial charge is 0.254 e. The van der Waals surface area contributed by atoms with Crippen molar-refractivity contribution in [2.75, 3.05) is 32.1 Å². The highest BCUT2D eigenvalue weighted by Gasteiger charge is 2.52. The lowest BCUT2D eigenvalue weighted by Gasteiger charge is -2.29. The summed E-state index contributed by atoms with van der Waals surface area (Å²) in [4.78, 5) is 58.5. The monoisotopic (exact) mass is 518 g/mol. The lowest BCUT2D eigenvalue weighted by atomic mass is 10.0. The molecule has 3 atom stereocenters. The van der Waals surface area contributed by atoms with E-state index in [-0.39, 0.29) is 42.0 Å². The summed E-state index contributed by atoms with van der Waals surface area (Å²) in [6.45, 7) is 8.24. The SMILES string of the molecule is Cc1cc(C)cc(C(=O)N2CC(=O)C3C2CCN3C(=O)C(CC(C)C)NC(=O)c2ccc(N(C)C)cc2)c1. The fourth-order valence-electron chi connectivity index (χ4n) is 5.65. The highest BCUT2D eigenvalue weighted by Crippen LogP contribution is 2.32. The Hall–Kier alpha value is -3.68. The van der Waals surface area contributed by atoms with Crippen LogP contribution in [0.5, 0.6) is 0 Å². The quantitative estimate of drug-likeness (QED) is 0.608. The van der Waals surface area contributed by atoms with E-state index in [9.17, 15) is 19.2 Å². The first-order chi connectivity index (χ1) is 18.0. The number of carbonyl (C=O) groups excluding carboxylic acids is 4. The summed E-state index contributed by atoms with van der Waals surface area (Å²) in [5.74, 6) is -0.749. The van der Waals surface area contributed by atoms with Crippen molar-refractivity contribution in [2.45, 2.75) is 58.7 Å². The van der Waals surface area contributed by atoms with Crippen molar-refractivity contribution in [3.63, 3.8) is 0 Å². The van der Waals surface area contributed by atoms with Gasteiger partial charge < -0.3 is 20.0 Å². The Morgan fingerprint density at radius 2 is 1.61 bits per heavy atom. The lowest BCUT2D eigenvalue weighted by molar-refractivity contribution is -0.138. The molecule has 1 N–H and O–H groups in total. The van der Waals surface area contributed by atoms with Gasteiger partial charge in [-0.15, -0.1) is 0 Å². The minimum Gasteiger partial charge on any atom is -0.378 e. The molecule has 202 valence electrons.